The molecule has 9 aromatic carbocycles. The lowest BCUT2D eigenvalue weighted by atomic mass is 9.93. The van der Waals surface area contributed by atoms with Crippen LogP contribution in [0.5, 0.6) is 0 Å². The normalized spacial score (nSPS) is 11.3. The lowest BCUT2D eigenvalue weighted by Crippen LogP contribution is -2.11. The molecular formula is C52H35NS. The third kappa shape index (κ3) is 5.65. The van der Waals surface area contributed by atoms with Gasteiger partial charge in [0, 0.05) is 26.7 Å². The summed E-state index contributed by atoms with van der Waals surface area (Å²) in [5.41, 5.74) is 13.0. The van der Waals surface area contributed by atoms with Gasteiger partial charge in [0.25, 0.3) is 0 Å². The van der Waals surface area contributed by atoms with Crippen LogP contribution >= 0.6 is 11.3 Å². The molecule has 0 spiro atoms. The molecule has 0 N–H and O–H groups in total. The third-order valence-corrected chi connectivity index (χ3v) is 11.7. The van der Waals surface area contributed by atoms with Gasteiger partial charge in [0.05, 0.1) is 16.1 Å². The van der Waals surface area contributed by atoms with Crippen molar-refractivity contribution in [3.05, 3.63) is 212 Å². The first-order chi connectivity index (χ1) is 26.8. The number of thiophene rings is 1. The molecule has 0 atom stereocenters. The number of hydrogen-bond acceptors (Lipinski definition) is 2. The van der Waals surface area contributed by atoms with Gasteiger partial charge in [0.15, 0.2) is 0 Å². The largest absolute Gasteiger partial charge is 0.308 e. The summed E-state index contributed by atoms with van der Waals surface area (Å²) < 4.78 is 2.56. The van der Waals surface area contributed by atoms with E-state index in [9.17, 15) is 0 Å². The Morgan fingerprint density at radius 2 is 0.852 bits per heavy atom. The highest BCUT2D eigenvalue weighted by Crippen LogP contribution is 2.48. The SMILES string of the molecule is c1ccc(-c2ccc(N(c3ccccc3-c3ccc(-c4cccc5ccccc45)cc3)c3cccc4c3sc3ccccc34)cc2-c2ccccc2)cc1. The maximum absolute atomic E-state index is 2.48. The number of anilines is 3. The summed E-state index contributed by atoms with van der Waals surface area (Å²) in [6.07, 6.45) is 0. The second-order valence-electron chi connectivity index (χ2n) is 13.7. The molecule has 0 radical (unpaired) electrons. The van der Waals surface area contributed by atoms with E-state index in [1.807, 2.05) is 11.3 Å². The van der Waals surface area contributed by atoms with E-state index in [0.29, 0.717) is 0 Å². The van der Waals surface area contributed by atoms with E-state index in [1.54, 1.807) is 0 Å². The van der Waals surface area contributed by atoms with Gasteiger partial charge >= 0.3 is 0 Å². The van der Waals surface area contributed by atoms with E-state index >= 15 is 0 Å². The summed E-state index contributed by atoms with van der Waals surface area (Å²) in [7, 11) is 0. The maximum atomic E-state index is 2.48. The summed E-state index contributed by atoms with van der Waals surface area (Å²) in [4.78, 5) is 2.48. The monoisotopic (exact) mass is 705 g/mol. The maximum Gasteiger partial charge on any atom is 0.0640 e. The van der Waals surface area contributed by atoms with Gasteiger partial charge < -0.3 is 4.90 Å². The van der Waals surface area contributed by atoms with Crippen molar-refractivity contribution < 1.29 is 0 Å². The molecule has 0 saturated heterocycles. The molecule has 0 saturated carbocycles. The summed E-state index contributed by atoms with van der Waals surface area (Å²) in [5.74, 6) is 0. The van der Waals surface area contributed by atoms with Crippen LogP contribution in [0.15, 0.2) is 212 Å². The Morgan fingerprint density at radius 1 is 0.315 bits per heavy atom. The Balaban J connectivity index is 1.19. The van der Waals surface area contributed by atoms with Gasteiger partial charge in [-0.15, -0.1) is 11.3 Å². The molecule has 10 aromatic rings. The summed E-state index contributed by atoms with van der Waals surface area (Å²) in [6.45, 7) is 0. The molecule has 0 aliphatic carbocycles. The predicted octanol–water partition coefficient (Wildman–Crippen LogP) is 15.3. The van der Waals surface area contributed by atoms with Crippen LogP contribution in [0.2, 0.25) is 0 Å². The van der Waals surface area contributed by atoms with Gasteiger partial charge in [-0.2, -0.15) is 0 Å². The lowest BCUT2D eigenvalue weighted by molar-refractivity contribution is 1.30. The van der Waals surface area contributed by atoms with E-state index in [-0.39, 0.29) is 0 Å². The highest BCUT2D eigenvalue weighted by molar-refractivity contribution is 7.26. The number of para-hydroxylation sites is 1. The quantitative estimate of drug-likeness (QED) is 0.160. The smallest absolute Gasteiger partial charge is 0.0640 e. The minimum absolute atomic E-state index is 1.11. The fourth-order valence-electron chi connectivity index (χ4n) is 7.93. The first-order valence-electron chi connectivity index (χ1n) is 18.4. The molecule has 0 aliphatic heterocycles. The number of fused-ring (bicyclic) bond motifs is 4. The van der Waals surface area contributed by atoms with Gasteiger partial charge in [-0.25, -0.2) is 0 Å². The molecule has 2 heteroatoms. The third-order valence-electron chi connectivity index (χ3n) is 10.5. The number of rotatable bonds is 7. The Morgan fingerprint density at radius 3 is 1.65 bits per heavy atom. The molecule has 1 heterocycles. The van der Waals surface area contributed by atoms with Gasteiger partial charge in [-0.05, 0) is 80.0 Å². The zero-order valence-electron chi connectivity index (χ0n) is 29.6. The second kappa shape index (κ2) is 13.7. The van der Waals surface area contributed by atoms with Crippen molar-refractivity contribution in [2.45, 2.75) is 0 Å². The number of hydrogen-bond donors (Lipinski definition) is 0. The average Bonchev–Trinajstić information content (AvgIpc) is 3.64. The fraction of sp³-hybridized carbons (Fsp3) is 0. The minimum Gasteiger partial charge on any atom is -0.308 e. The minimum atomic E-state index is 1.11. The zero-order chi connectivity index (χ0) is 35.8. The molecule has 0 aliphatic rings. The van der Waals surface area contributed by atoms with Crippen molar-refractivity contribution in [3.8, 4) is 44.5 Å². The standard InChI is InChI=1S/C52H35NS/c1-3-15-36(16-4-1)44-34-33-41(35-48(44)38-17-5-2-6-18-38)53(50-27-14-25-47-46-23-10-12-28-51(46)54-52(47)50)49-26-11-9-22-45(49)40-31-29-39(30-32-40)43-24-13-20-37-19-7-8-21-42(37)43/h1-35H. The zero-order valence-corrected chi connectivity index (χ0v) is 30.4. The topological polar surface area (TPSA) is 3.24 Å². The Hall–Kier alpha value is -6.74. The first kappa shape index (κ1) is 32.0. The van der Waals surface area contributed by atoms with Crippen LogP contribution in [0.4, 0.5) is 17.1 Å². The molecule has 0 fully saturated rings. The van der Waals surface area contributed by atoms with Crippen LogP contribution in [0, 0.1) is 0 Å². The van der Waals surface area contributed by atoms with Crippen LogP contribution in [0.3, 0.4) is 0 Å². The van der Waals surface area contributed by atoms with Crippen molar-refractivity contribution in [2.24, 2.45) is 0 Å². The van der Waals surface area contributed by atoms with Crippen LogP contribution in [-0.4, -0.2) is 0 Å². The summed E-state index contributed by atoms with van der Waals surface area (Å²) in [6, 6.07) is 77.1. The molecule has 0 bridgehead atoms. The van der Waals surface area contributed by atoms with Crippen molar-refractivity contribution in [3.63, 3.8) is 0 Å². The van der Waals surface area contributed by atoms with Crippen molar-refractivity contribution in [1.29, 1.82) is 0 Å². The van der Waals surface area contributed by atoms with Crippen molar-refractivity contribution in [2.75, 3.05) is 4.90 Å². The molecule has 54 heavy (non-hydrogen) atoms. The van der Waals surface area contributed by atoms with Gasteiger partial charge in [-0.3, -0.25) is 0 Å². The van der Waals surface area contributed by atoms with E-state index < -0.39 is 0 Å². The average molecular weight is 706 g/mol. The van der Waals surface area contributed by atoms with Crippen molar-refractivity contribution in [1.82, 2.24) is 0 Å². The van der Waals surface area contributed by atoms with Crippen molar-refractivity contribution >= 4 is 59.3 Å². The number of nitrogens with zero attached hydrogens (tertiary/aromatic N) is 1. The van der Waals surface area contributed by atoms with Crippen LogP contribution < -0.4 is 4.90 Å². The van der Waals surface area contributed by atoms with Gasteiger partial charge in [0.1, 0.15) is 0 Å². The highest BCUT2D eigenvalue weighted by Gasteiger charge is 2.22. The Kier molecular flexibility index (Phi) is 8.09. The Labute approximate surface area is 319 Å². The second-order valence-corrected chi connectivity index (χ2v) is 14.7. The molecule has 0 amide bonds. The highest BCUT2D eigenvalue weighted by atomic mass is 32.1. The van der Waals surface area contributed by atoms with E-state index in [4.69, 9.17) is 0 Å². The van der Waals surface area contributed by atoms with E-state index in [1.165, 1.54) is 81.1 Å². The summed E-state index contributed by atoms with van der Waals surface area (Å²) in [5, 5.41) is 5.09. The predicted molar refractivity (Wildman–Crippen MR) is 233 cm³/mol. The van der Waals surface area contributed by atoms with Crippen LogP contribution in [0.25, 0.3) is 75.5 Å². The van der Waals surface area contributed by atoms with E-state index in [0.717, 1.165) is 11.4 Å². The molecule has 0 unspecified atom stereocenters. The summed E-state index contributed by atoms with van der Waals surface area (Å²) >= 11 is 1.87. The van der Waals surface area contributed by atoms with Crippen LogP contribution in [0.1, 0.15) is 0 Å². The molecular weight excluding hydrogens is 671 g/mol. The molecule has 1 nitrogen and oxygen atoms in total. The molecule has 1 aromatic heterocycles. The Bertz CT molecular complexity index is 2920. The lowest BCUT2D eigenvalue weighted by Gasteiger charge is -2.29. The fourth-order valence-corrected chi connectivity index (χ4v) is 9.14. The molecule has 10 rings (SSSR count). The first-order valence-corrected chi connectivity index (χ1v) is 19.2. The van der Waals surface area contributed by atoms with E-state index in [2.05, 4.69) is 217 Å². The number of benzene rings is 9. The van der Waals surface area contributed by atoms with Crippen LogP contribution in [-0.2, 0) is 0 Å². The molecule has 254 valence electrons. The van der Waals surface area contributed by atoms with Gasteiger partial charge in [0.2, 0.25) is 0 Å². The van der Waals surface area contributed by atoms with Gasteiger partial charge in [-0.1, -0.05) is 182 Å².